The molecule has 0 saturated heterocycles. The van der Waals surface area contributed by atoms with Crippen LogP contribution in [0.1, 0.15) is 44.7 Å². The highest BCUT2D eigenvalue weighted by Gasteiger charge is 2.19. The number of carboxylic acids is 1. The van der Waals surface area contributed by atoms with Crippen molar-refractivity contribution in [3.63, 3.8) is 0 Å². The largest absolute Gasteiger partial charge is 0.545 e. The molecule has 0 radical (unpaired) electrons. The highest BCUT2D eigenvalue weighted by atomic mass is 16.4. The van der Waals surface area contributed by atoms with Crippen LogP contribution < -0.4 is 10.4 Å². The first-order chi connectivity index (χ1) is 14.0. The molecule has 0 fully saturated rings. The maximum atomic E-state index is 12.5. The van der Waals surface area contributed by atoms with Gasteiger partial charge in [-0.2, -0.15) is 0 Å². The number of hydrogen-bond acceptors (Lipinski definition) is 4. The summed E-state index contributed by atoms with van der Waals surface area (Å²) in [4.78, 5) is 35.4. The van der Waals surface area contributed by atoms with Crippen molar-refractivity contribution < 1.29 is 19.5 Å². The molecule has 0 bridgehead atoms. The van der Waals surface area contributed by atoms with Gasteiger partial charge in [0.2, 0.25) is 5.91 Å². The monoisotopic (exact) mass is 384 g/mol. The van der Waals surface area contributed by atoms with Gasteiger partial charge in [-0.05, 0) is 52.4 Å². The van der Waals surface area contributed by atoms with Crippen LogP contribution in [0.2, 0.25) is 0 Å². The van der Waals surface area contributed by atoms with Gasteiger partial charge < -0.3 is 15.2 Å². The van der Waals surface area contributed by atoms with E-state index in [1.807, 2.05) is 30.3 Å². The fourth-order valence-electron chi connectivity index (χ4n) is 3.60. The lowest BCUT2D eigenvalue weighted by Gasteiger charge is -2.08. The van der Waals surface area contributed by atoms with Crippen molar-refractivity contribution in [2.75, 3.05) is 5.32 Å². The van der Waals surface area contributed by atoms with E-state index in [9.17, 15) is 19.5 Å². The number of hydrogen-bond donors (Lipinski definition) is 1. The van der Waals surface area contributed by atoms with E-state index in [-0.39, 0.29) is 30.1 Å². The quantitative estimate of drug-likeness (QED) is 0.517. The van der Waals surface area contributed by atoms with Crippen molar-refractivity contribution in [2.24, 2.45) is 0 Å². The summed E-state index contributed by atoms with van der Waals surface area (Å²) >= 11 is 0. The van der Waals surface area contributed by atoms with E-state index in [2.05, 4.69) is 17.4 Å². The Labute approximate surface area is 168 Å². The van der Waals surface area contributed by atoms with Crippen molar-refractivity contribution in [2.45, 2.75) is 19.3 Å². The summed E-state index contributed by atoms with van der Waals surface area (Å²) < 4.78 is 0. The molecule has 1 N–H and O–H groups in total. The molecule has 144 valence electrons. The Balaban J connectivity index is 1.36. The summed E-state index contributed by atoms with van der Waals surface area (Å²) in [6, 6.07) is 19.6. The van der Waals surface area contributed by atoms with Gasteiger partial charge in [0.1, 0.15) is 0 Å². The number of carbonyl (C=O) groups excluding carboxylic acids is 3. The number of nitrogens with one attached hydrogen (secondary N) is 1. The van der Waals surface area contributed by atoms with Crippen molar-refractivity contribution in [3.8, 4) is 11.1 Å². The van der Waals surface area contributed by atoms with Gasteiger partial charge in [0.05, 0.1) is 5.97 Å². The Kier molecular flexibility index (Phi) is 4.96. The highest BCUT2D eigenvalue weighted by molar-refractivity contribution is 6.01. The summed E-state index contributed by atoms with van der Waals surface area (Å²) in [6.07, 6.45) is 0.974. The number of ketones is 1. The molecule has 0 heterocycles. The molecule has 5 heteroatoms. The third-order valence-electron chi connectivity index (χ3n) is 5.10. The maximum absolute atomic E-state index is 12.5. The molecule has 29 heavy (non-hydrogen) atoms. The van der Waals surface area contributed by atoms with E-state index in [1.54, 1.807) is 0 Å². The summed E-state index contributed by atoms with van der Waals surface area (Å²) in [7, 11) is 0. The van der Waals surface area contributed by atoms with Crippen LogP contribution in [0, 0.1) is 0 Å². The van der Waals surface area contributed by atoms with Crippen LogP contribution in [-0.2, 0) is 11.2 Å². The minimum Gasteiger partial charge on any atom is -0.545 e. The van der Waals surface area contributed by atoms with Gasteiger partial charge in [0.25, 0.3) is 0 Å². The zero-order valence-electron chi connectivity index (χ0n) is 15.6. The normalized spacial score (nSPS) is 11.4. The molecule has 0 spiro atoms. The minimum absolute atomic E-state index is 0.0388. The Morgan fingerprint density at radius 1 is 0.793 bits per heavy atom. The van der Waals surface area contributed by atoms with E-state index in [4.69, 9.17) is 0 Å². The zero-order valence-corrected chi connectivity index (χ0v) is 15.6. The molecule has 0 atom stereocenters. The van der Waals surface area contributed by atoms with Gasteiger partial charge in [-0.3, -0.25) is 9.59 Å². The third kappa shape index (κ3) is 3.94. The summed E-state index contributed by atoms with van der Waals surface area (Å²) in [5.41, 5.74) is 5.90. The maximum Gasteiger partial charge on any atom is 0.224 e. The molecule has 3 aromatic rings. The number of anilines is 1. The van der Waals surface area contributed by atoms with E-state index in [0.717, 1.165) is 17.5 Å². The van der Waals surface area contributed by atoms with Crippen LogP contribution >= 0.6 is 0 Å². The van der Waals surface area contributed by atoms with Gasteiger partial charge in [-0.15, -0.1) is 0 Å². The number of fused-ring (bicyclic) bond motifs is 3. The van der Waals surface area contributed by atoms with Gasteiger partial charge in [-0.1, -0.05) is 48.5 Å². The number of rotatable bonds is 6. The number of carbonyl (C=O) groups is 3. The first-order valence-corrected chi connectivity index (χ1v) is 9.37. The number of aromatic carboxylic acids is 1. The third-order valence-corrected chi connectivity index (χ3v) is 5.10. The summed E-state index contributed by atoms with van der Waals surface area (Å²) in [5, 5.41) is 13.4. The number of Topliss-reactive ketones (excluding diaryl/α,β-unsaturated/α-hetero) is 1. The second kappa shape index (κ2) is 7.72. The van der Waals surface area contributed by atoms with Gasteiger partial charge in [0.15, 0.2) is 5.78 Å². The van der Waals surface area contributed by atoms with Crippen molar-refractivity contribution in [3.05, 3.63) is 89.0 Å². The summed E-state index contributed by atoms with van der Waals surface area (Å²) in [5.74, 6) is -1.65. The fourth-order valence-corrected chi connectivity index (χ4v) is 3.60. The first kappa shape index (κ1) is 18.6. The second-order valence-corrected chi connectivity index (χ2v) is 7.04. The molecule has 0 aliphatic heterocycles. The van der Waals surface area contributed by atoms with Crippen LogP contribution in [0.25, 0.3) is 11.1 Å². The van der Waals surface area contributed by atoms with Crippen LogP contribution in [0.3, 0.4) is 0 Å². The van der Waals surface area contributed by atoms with E-state index in [0.29, 0.717) is 11.3 Å². The average Bonchev–Trinajstić information content (AvgIpc) is 3.10. The first-order valence-electron chi connectivity index (χ1n) is 9.37. The van der Waals surface area contributed by atoms with Crippen LogP contribution in [0.4, 0.5) is 5.69 Å². The van der Waals surface area contributed by atoms with Crippen LogP contribution in [0.15, 0.2) is 66.7 Å². The molecule has 1 aliphatic carbocycles. The minimum atomic E-state index is -1.27. The SMILES string of the molecule is O=C(CCC(=O)c1ccc2c(c1)Cc1ccccc1-2)Nc1ccc(C(=O)[O-])cc1. The molecule has 0 aromatic heterocycles. The predicted octanol–water partition coefficient (Wildman–Crippen LogP) is 3.22. The molecule has 0 saturated carbocycles. The summed E-state index contributed by atoms with van der Waals surface area (Å²) in [6.45, 7) is 0. The van der Waals surface area contributed by atoms with E-state index < -0.39 is 5.97 Å². The van der Waals surface area contributed by atoms with Crippen molar-refractivity contribution >= 4 is 23.3 Å². The molecule has 3 aromatic carbocycles. The number of benzene rings is 3. The van der Waals surface area contributed by atoms with Gasteiger partial charge in [0, 0.05) is 24.1 Å². The van der Waals surface area contributed by atoms with Crippen LogP contribution in [0.5, 0.6) is 0 Å². The molecular weight excluding hydrogens is 366 g/mol. The fraction of sp³-hybridized carbons (Fsp3) is 0.125. The predicted molar refractivity (Wildman–Crippen MR) is 108 cm³/mol. The average molecular weight is 384 g/mol. The van der Waals surface area contributed by atoms with Crippen LogP contribution in [-0.4, -0.2) is 17.7 Å². The van der Waals surface area contributed by atoms with E-state index in [1.165, 1.54) is 35.4 Å². The smallest absolute Gasteiger partial charge is 0.224 e. The Morgan fingerprint density at radius 3 is 2.24 bits per heavy atom. The second-order valence-electron chi connectivity index (χ2n) is 7.04. The number of amides is 1. The molecular formula is C24H18NO4-. The Bertz CT molecular complexity index is 1120. The van der Waals surface area contributed by atoms with Crippen molar-refractivity contribution in [1.29, 1.82) is 0 Å². The van der Waals surface area contributed by atoms with Gasteiger partial charge in [-0.25, -0.2) is 0 Å². The number of carboxylic acid groups (broad SMARTS) is 1. The molecule has 1 amide bonds. The highest BCUT2D eigenvalue weighted by Crippen LogP contribution is 2.36. The standard InChI is InChI=1S/C24H19NO4/c26-22(11-12-23(27)25-19-8-5-15(6-9-19)24(28)29)17-7-10-21-18(14-17)13-16-3-1-2-4-20(16)21/h1-10,14H,11-13H2,(H,25,27)(H,28,29)/p-1. The lowest BCUT2D eigenvalue weighted by molar-refractivity contribution is -0.255. The topological polar surface area (TPSA) is 86.3 Å². The lowest BCUT2D eigenvalue weighted by Crippen LogP contribution is -2.22. The molecule has 5 nitrogen and oxygen atoms in total. The lowest BCUT2D eigenvalue weighted by atomic mass is 9.99. The Morgan fingerprint density at radius 2 is 1.48 bits per heavy atom. The van der Waals surface area contributed by atoms with Crippen molar-refractivity contribution in [1.82, 2.24) is 0 Å². The zero-order chi connectivity index (χ0) is 20.4. The molecule has 1 aliphatic rings. The molecule has 4 rings (SSSR count). The molecule has 0 unspecified atom stereocenters. The van der Waals surface area contributed by atoms with Gasteiger partial charge >= 0.3 is 0 Å². The van der Waals surface area contributed by atoms with E-state index >= 15 is 0 Å². The Hall–Kier alpha value is -3.73.